The molecule has 1 amide bonds. The highest BCUT2D eigenvalue weighted by molar-refractivity contribution is 5.76. The molecule has 1 aliphatic rings. The molecular weight excluding hydrogens is 226 g/mol. The van der Waals surface area contributed by atoms with Crippen LogP contribution >= 0.6 is 0 Å². The number of rotatable bonds is 1. The van der Waals surface area contributed by atoms with Crippen molar-refractivity contribution in [3.05, 3.63) is 0 Å². The molecule has 1 aliphatic heterocycles. The number of hydrogen-bond acceptors (Lipinski definition) is 5. The summed E-state index contributed by atoms with van der Waals surface area (Å²) in [6, 6.07) is 0. The Morgan fingerprint density at radius 1 is 1.29 bits per heavy atom. The zero-order chi connectivity index (χ0) is 13.2. The Balaban J connectivity index is 2.60. The number of amides is 1. The third-order valence-electron chi connectivity index (χ3n) is 2.44. The van der Waals surface area contributed by atoms with E-state index in [1.807, 2.05) is 0 Å². The number of β-amino-alcohol motifs (C(OH)–C–C–N with tert-alkyl or cyclic N) is 1. The average Bonchev–Trinajstić information content (AvgIpc) is 2.57. The van der Waals surface area contributed by atoms with E-state index in [9.17, 15) is 14.7 Å². The molecule has 6 nitrogen and oxygen atoms in total. The highest BCUT2D eigenvalue weighted by Crippen LogP contribution is 2.20. The summed E-state index contributed by atoms with van der Waals surface area (Å²) in [4.78, 5) is 24.3. The second-order valence-electron chi connectivity index (χ2n) is 5.08. The van der Waals surface area contributed by atoms with Gasteiger partial charge in [0.2, 0.25) is 0 Å². The summed E-state index contributed by atoms with van der Waals surface area (Å²) in [5.41, 5.74) is -0.592. The van der Waals surface area contributed by atoms with E-state index in [0.717, 1.165) is 0 Å². The average molecular weight is 245 g/mol. The van der Waals surface area contributed by atoms with E-state index in [0.29, 0.717) is 0 Å². The molecule has 0 aromatic rings. The molecule has 0 aromatic heterocycles. The minimum atomic E-state index is -0.894. The quantitative estimate of drug-likeness (QED) is 0.676. The number of aliphatic hydroxyl groups excluding tert-OH is 1. The molecule has 1 rings (SSSR count). The van der Waals surface area contributed by atoms with Gasteiger partial charge in [0, 0.05) is 6.54 Å². The Morgan fingerprint density at radius 2 is 1.88 bits per heavy atom. The van der Waals surface area contributed by atoms with Gasteiger partial charge in [0.05, 0.1) is 19.8 Å². The molecule has 0 unspecified atom stereocenters. The predicted octanol–water partition coefficient (Wildman–Crippen LogP) is 0.387. The summed E-state index contributed by atoms with van der Waals surface area (Å²) in [6.45, 7) is 5.50. The SMILES string of the molecule is COC(=O)[C@@H]1CN(C(=O)OC(C)(C)C)C[C@@H]1O. The molecular formula is C11H19NO5. The van der Waals surface area contributed by atoms with Crippen LogP contribution in [0.15, 0.2) is 0 Å². The lowest BCUT2D eigenvalue weighted by Crippen LogP contribution is -2.36. The van der Waals surface area contributed by atoms with Crippen LogP contribution in [0.2, 0.25) is 0 Å². The van der Waals surface area contributed by atoms with Gasteiger partial charge in [0.25, 0.3) is 0 Å². The van der Waals surface area contributed by atoms with Gasteiger partial charge in [-0.05, 0) is 20.8 Å². The summed E-state index contributed by atoms with van der Waals surface area (Å²) in [5.74, 6) is -1.20. The van der Waals surface area contributed by atoms with E-state index < -0.39 is 29.7 Å². The smallest absolute Gasteiger partial charge is 0.410 e. The monoisotopic (exact) mass is 245 g/mol. The van der Waals surface area contributed by atoms with Crippen molar-refractivity contribution in [1.29, 1.82) is 0 Å². The largest absolute Gasteiger partial charge is 0.469 e. The lowest BCUT2D eigenvalue weighted by molar-refractivity contribution is -0.147. The van der Waals surface area contributed by atoms with E-state index in [1.165, 1.54) is 12.0 Å². The van der Waals surface area contributed by atoms with Crippen molar-refractivity contribution in [3.63, 3.8) is 0 Å². The van der Waals surface area contributed by atoms with Gasteiger partial charge in [-0.3, -0.25) is 4.79 Å². The normalized spacial score (nSPS) is 24.6. The van der Waals surface area contributed by atoms with Crippen molar-refractivity contribution in [2.75, 3.05) is 20.2 Å². The zero-order valence-corrected chi connectivity index (χ0v) is 10.6. The van der Waals surface area contributed by atoms with Crippen molar-refractivity contribution in [3.8, 4) is 0 Å². The molecule has 0 aliphatic carbocycles. The summed E-state index contributed by atoms with van der Waals surface area (Å²) >= 11 is 0. The van der Waals surface area contributed by atoms with Crippen molar-refractivity contribution in [1.82, 2.24) is 4.90 Å². The lowest BCUT2D eigenvalue weighted by Gasteiger charge is -2.24. The number of methoxy groups -OCH3 is 1. The Morgan fingerprint density at radius 3 is 2.35 bits per heavy atom. The van der Waals surface area contributed by atoms with E-state index in [-0.39, 0.29) is 13.1 Å². The number of carbonyl (C=O) groups excluding carboxylic acids is 2. The number of ether oxygens (including phenoxy) is 2. The van der Waals surface area contributed by atoms with Crippen LogP contribution < -0.4 is 0 Å². The molecule has 2 atom stereocenters. The molecule has 1 N–H and O–H groups in total. The Hall–Kier alpha value is -1.30. The van der Waals surface area contributed by atoms with Crippen molar-refractivity contribution < 1.29 is 24.2 Å². The first-order valence-corrected chi connectivity index (χ1v) is 5.48. The maximum Gasteiger partial charge on any atom is 0.410 e. The predicted molar refractivity (Wildman–Crippen MR) is 59.3 cm³/mol. The van der Waals surface area contributed by atoms with Gasteiger partial charge >= 0.3 is 12.1 Å². The van der Waals surface area contributed by atoms with Crippen LogP contribution in [0.3, 0.4) is 0 Å². The van der Waals surface area contributed by atoms with Gasteiger partial charge in [0.15, 0.2) is 0 Å². The zero-order valence-electron chi connectivity index (χ0n) is 10.6. The first kappa shape index (κ1) is 13.8. The fourth-order valence-electron chi connectivity index (χ4n) is 1.65. The molecule has 0 saturated carbocycles. The summed E-state index contributed by atoms with van der Waals surface area (Å²) in [7, 11) is 1.26. The number of likely N-dealkylation sites (tertiary alicyclic amines) is 1. The topological polar surface area (TPSA) is 76.1 Å². The van der Waals surface area contributed by atoms with Gasteiger partial charge in [-0.25, -0.2) is 4.79 Å². The Labute approximate surface area is 100 Å². The summed E-state index contributed by atoms with van der Waals surface area (Å²) < 4.78 is 9.71. The fraction of sp³-hybridized carbons (Fsp3) is 0.818. The number of carbonyl (C=O) groups is 2. The van der Waals surface area contributed by atoms with E-state index in [4.69, 9.17) is 4.74 Å². The van der Waals surface area contributed by atoms with Crippen molar-refractivity contribution >= 4 is 12.1 Å². The third-order valence-corrected chi connectivity index (χ3v) is 2.44. The summed E-state index contributed by atoms with van der Waals surface area (Å²) in [5, 5.41) is 9.66. The van der Waals surface area contributed by atoms with E-state index in [2.05, 4.69) is 4.74 Å². The molecule has 0 aromatic carbocycles. The van der Waals surface area contributed by atoms with Crippen LogP contribution in [0.5, 0.6) is 0 Å². The molecule has 0 bridgehead atoms. The van der Waals surface area contributed by atoms with Crippen LogP contribution in [0.25, 0.3) is 0 Å². The number of aliphatic hydroxyl groups is 1. The van der Waals surface area contributed by atoms with Crippen LogP contribution in [0, 0.1) is 5.92 Å². The van der Waals surface area contributed by atoms with Crippen molar-refractivity contribution in [2.45, 2.75) is 32.5 Å². The van der Waals surface area contributed by atoms with Crippen molar-refractivity contribution in [2.24, 2.45) is 5.92 Å². The number of hydrogen-bond donors (Lipinski definition) is 1. The Kier molecular flexibility index (Phi) is 3.98. The molecule has 0 spiro atoms. The second-order valence-corrected chi connectivity index (χ2v) is 5.08. The van der Waals surface area contributed by atoms with Gasteiger partial charge in [-0.2, -0.15) is 0 Å². The van der Waals surface area contributed by atoms with Gasteiger partial charge < -0.3 is 19.5 Å². The molecule has 6 heteroatoms. The van der Waals surface area contributed by atoms with E-state index in [1.54, 1.807) is 20.8 Å². The first-order valence-electron chi connectivity index (χ1n) is 5.48. The Bertz CT molecular complexity index is 309. The number of esters is 1. The van der Waals surface area contributed by atoms with E-state index >= 15 is 0 Å². The molecule has 98 valence electrons. The maximum atomic E-state index is 11.7. The summed E-state index contributed by atoms with van der Waals surface area (Å²) in [6.07, 6.45) is -1.42. The standard InChI is InChI=1S/C11H19NO5/c1-11(2,3)17-10(15)12-5-7(8(13)6-12)9(14)16-4/h7-8,13H,5-6H2,1-4H3/t7-,8+/m1/s1. The third kappa shape index (κ3) is 3.59. The molecule has 1 heterocycles. The second kappa shape index (κ2) is 4.91. The highest BCUT2D eigenvalue weighted by atomic mass is 16.6. The molecule has 1 fully saturated rings. The molecule has 17 heavy (non-hydrogen) atoms. The molecule has 1 saturated heterocycles. The molecule has 0 radical (unpaired) electrons. The fourth-order valence-corrected chi connectivity index (χ4v) is 1.65. The minimum Gasteiger partial charge on any atom is -0.469 e. The first-order chi connectivity index (χ1) is 7.74. The maximum absolute atomic E-state index is 11.7. The highest BCUT2D eigenvalue weighted by Gasteiger charge is 2.40. The lowest BCUT2D eigenvalue weighted by atomic mass is 10.1. The van der Waals surface area contributed by atoms with Gasteiger partial charge in [0.1, 0.15) is 11.5 Å². The van der Waals surface area contributed by atoms with Crippen LogP contribution in [-0.4, -0.2) is 54.0 Å². The van der Waals surface area contributed by atoms with Crippen LogP contribution in [0.4, 0.5) is 4.79 Å². The van der Waals surface area contributed by atoms with Crippen LogP contribution in [-0.2, 0) is 14.3 Å². The minimum absolute atomic E-state index is 0.0919. The van der Waals surface area contributed by atoms with Crippen LogP contribution in [0.1, 0.15) is 20.8 Å². The van der Waals surface area contributed by atoms with Gasteiger partial charge in [-0.15, -0.1) is 0 Å². The number of nitrogens with zero attached hydrogens (tertiary/aromatic N) is 1. The van der Waals surface area contributed by atoms with Gasteiger partial charge in [-0.1, -0.05) is 0 Å².